The van der Waals surface area contributed by atoms with Gasteiger partial charge in [0.1, 0.15) is 0 Å². The van der Waals surface area contributed by atoms with Crippen molar-refractivity contribution in [1.29, 1.82) is 0 Å². The standard InChI is InChI=1S/C12H15Cl2N3O/c1-7-5-15-12(17-7)16-6-10(18)11-8(13)3-2-4-9(11)14/h2-4,7,10,18H,5-6H2,1H3,(H2,15,16,17). The summed E-state index contributed by atoms with van der Waals surface area (Å²) in [7, 11) is 0. The fourth-order valence-corrected chi connectivity index (χ4v) is 2.43. The molecule has 0 fully saturated rings. The van der Waals surface area contributed by atoms with Crippen LogP contribution in [0.5, 0.6) is 0 Å². The average molecular weight is 288 g/mol. The minimum absolute atomic E-state index is 0.308. The second-order valence-corrected chi connectivity index (χ2v) is 5.08. The Kier molecular flexibility index (Phi) is 4.32. The van der Waals surface area contributed by atoms with E-state index >= 15 is 0 Å². The van der Waals surface area contributed by atoms with Crippen molar-refractivity contribution in [2.24, 2.45) is 4.99 Å². The molecule has 1 aromatic carbocycles. The summed E-state index contributed by atoms with van der Waals surface area (Å²) >= 11 is 12.0. The second kappa shape index (κ2) is 5.78. The van der Waals surface area contributed by atoms with E-state index in [1.54, 1.807) is 18.2 Å². The third-order valence-electron chi connectivity index (χ3n) is 2.70. The predicted molar refractivity (Wildman–Crippen MR) is 74.3 cm³/mol. The van der Waals surface area contributed by atoms with Gasteiger partial charge in [0.15, 0.2) is 5.96 Å². The van der Waals surface area contributed by atoms with Crippen molar-refractivity contribution in [1.82, 2.24) is 10.6 Å². The van der Waals surface area contributed by atoms with Crippen molar-refractivity contribution in [2.45, 2.75) is 19.1 Å². The largest absolute Gasteiger partial charge is 0.386 e. The smallest absolute Gasteiger partial charge is 0.191 e. The van der Waals surface area contributed by atoms with Gasteiger partial charge in [-0.15, -0.1) is 0 Å². The molecule has 1 aliphatic rings. The van der Waals surface area contributed by atoms with Crippen molar-refractivity contribution >= 4 is 29.2 Å². The van der Waals surface area contributed by atoms with Gasteiger partial charge in [-0.2, -0.15) is 0 Å². The molecule has 0 aromatic heterocycles. The molecule has 0 amide bonds. The van der Waals surface area contributed by atoms with E-state index in [0.29, 0.717) is 34.2 Å². The van der Waals surface area contributed by atoms with E-state index in [2.05, 4.69) is 15.6 Å². The number of rotatable bonds is 3. The highest BCUT2D eigenvalue weighted by molar-refractivity contribution is 6.36. The number of aliphatic imine (C=N–C) groups is 1. The molecule has 4 nitrogen and oxygen atoms in total. The van der Waals surface area contributed by atoms with Crippen LogP contribution in [-0.2, 0) is 0 Å². The normalized spacial score (nSPS) is 20.2. The van der Waals surface area contributed by atoms with Crippen LogP contribution in [-0.4, -0.2) is 30.2 Å². The van der Waals surface area contributed by atoms with E-state index in [1.165, 1.54) is 0 Å². The molecule has 0 saturated carbocycles. The maximum atomic E-state index is 10.1. The Morgan fingerprint density at radius 1 is 1.50 bits per heavy atom. The number of benzene rings is 1. The first-order valence-corrected chi connectivity index (χ1v) is 6.50. The Labute approximate surface area is 116 Å². The number of halogens is 2. The van der Waals surface area contributed by atoms with E-state index in [4.69, 9.17) is 23.2 Å². The third-order valence-corrected chi connectivity index (χ3v) is 3.36. The van der Waals surface area contributed by atoms with Gasteiger partial charge in [-0.1, -0.05) is 29.3 Å². The molecule has 2 atom stereocenters. The summed E-state index contributed by atoms with van der Waals surface area (Å²) in [6, 6.07) is 5.49. The van der Waals surface area contributed by atoms with Gasteiger partial charge in [0.2, 0.25) is 0 Å². The van der Waals surface area contributed by atoms with Crippen LogP contribution >= 0.6 is 23.2 Å². The van der Waals surface area contributed by atoms with Gasteiger partial charge < -0.3 is 15.7 Å². The van der Waals surface area contributed by atoms with Crippen molar-refractivity contribution in [3.63, 3.8) is 0 Å². The molecule has 0 radical (unpaired) electrons. The van der Waals surface area contributed by atoms with Crippen molar-refractivity contribution in [3.8, 4) is 0 Å². The Morgan fingerprint density at radius 2 is 2.17 bits per heavy atom. The van der Waals surface area contributed by atoms with E-state index in [-0.39, 0.29) is 0 Å². The second-order valence-electron chi connectivity index (χ2n) is 4.27. The highest BCUT2D eigenvalue weighted by atomic mass is 35.5. The zero-order valence-corrected chi connectivity index (χ0v) is 11.5. The van der Waals surface area contributed by atoms with Crippen LogP contribution in [0.25, 0.3) is 0 Å². The first-order valence-electron chi connectivity index (χ1n) is 5.74. The molecule has 0 spiro atoms. The first kappa shape index (κ1) is 13.5. The molecular weight excluding hydrogens is 273 g/mol. The summed E-state index contributed by atoms with van der Waals surface area (Å²) in [5, 5.41) is 17.2. The predicted octanol–water partition coefficient (Wildman–Crippen LogP) is 1.96. The van der Waals surface area contributed by atoms with Gasteiger partial charge in [-0.3, -0.25) is 4.99 Å². The lowest BCUT2D eigenvalue weighted by Crippen LogP contribution is -2.39. The average Bonchev–Trinajstić information content (AvgIpc) is 2.72. The molecule has 0 saturated heterocycles. The summed E-state index contributed by atoms with van der Waals surface area (Å²) in [5.41, 5.74) is 0.542. The topological polar surface area (TPSA) is 56.7 Å². The van der Waals surface area contributed by atoms with Crippen molar-refractivity contribution in [2.75, 3.05) is 13.1 Å². The minimum atomic E-state index is -0.772. The molecule has 18 heavy (non-hydrogen) atoms. The van der Waals surface area contributed by atoms with E-state index in [9.17, 15) is 5.11 Å². The number of nitrogens with one attached hydrogen (secondary N) is 2. The molecule has 0 bridgehead atoms. The summed E-state index contributed by atoms with van der Waals surface area (Å²) in [6.45, 7) is 3.09. The van der Waals surface area contributed by atoms with Crippen LogP contribution < -0.4 is 10.6 Å². The molecule has 0 aliphatic carbocycles. The first-order chi connectivity index (χ1) is 8.58. The minimum Gasteiger partial charge on any atom is -0.386 e. The van der Waals surface area contributed by atoms with Gasteiger partial charge in [0.25, 0.3) is 0 Å². The number of hydrogen-bond donors (Lipinski definition) is 3. The van der Waals surface area contributed by atoms with Gasteiger partial charge in [0, 0.05) is 28.2 Å². The van der Waals surface area contributed by atoms with Crippen LogP contribution in [0, 0.1) is 0 Å². The third kappa shape index (κ3) is 3.07. The van der Waals surface area contributed by atoms with E-state index in [1.807, 2.05) is 6.92 Å². The lowest BCUT2D eigenvalue weighted by Gasteiger charge is -2.16. The van der Waals surface area contributed by atoms with Crippen LogP contribution in [0.4, 0.5) is 0 Å². The van der Waals surface area contributed by atoms with E-state index in [0.717, 1.165) is 6.54 Å². The molecule has 2 rings (SSSR count). The zero-order chi connectivity index (χ0) is 13.1. The van der Waals surface area contributed by atoms with Crippen LogP contribution in [0.2, 0.25) is 10.0 Å². The monoisotopic (exact) mass is 287 g/mol. The molecule has 6 heteroatoms. The molecule has 1 aromatic rings. The molecular formula is C12H15Cl2N3O. The van der Waals surface area contributed by atoms with Crippen LogP contribution in [0.1, 0.15) is 18.6 Å². The highest BCUT2D eigenvalue weighted by Gasteiger charge is 2.17. The van der Waals surface area contributed by atoms with Gasteiger partial charge in [-0.25, -0.2) is 0 Å². The number of guanidine groups is 1. The van der Waals surface area contributed by atoms with E-state index < -0.39 is 6.10 Å². The molecule has 2 unspecified atom stereocenters. The SMILES string of the molecule is CC1CN=C(NCC(O)c2c(Cl)cccc2Cl)N1. The van der Waals surface area contributed by atoms with Gasteiger partial charge in [-0.05, 0) is 19.1 Å². The summed E-state index contributed by atoms with van der Waals surface area (Å²) in [5.74, 6) is 0.699. The molecule has 3 N–H and O–H groups in total. The summed E-state index contributed by atoms with van der Waals surface area (Å²) < 4.78 is 0. The number of aliphatic hydroxyl groups excluding tert-OH is 1. The van der Waals surface area contributed by atoms with Crippen LogP contribution in [0.15, 0.2) is 23.2 Å². The van der Waals surface area contributed by atoms with Gasteiger partial charge >= 0.3 is 0 Å². The van der Waals surface area contributed by atoms with Crippen molar-refractivity contribution < 1.29 is 5.11 Å². The molecule has 1 aliphatic heterocycles. The Hall–Kier alpha value is -0.970. The number of hydrogen-bond acceptors (Lipinski definition) is 4. The van der Waals surface area contributed by atoms with Crippen LogP contribution in [0.3, 0.4) is 0 Å². The lowest BCUT2D eigenvalue weighted by atomic mass is 10.1. The van der Waals surface area contributed by atoms with Gasteiger partial charge in [0.05, 0.1) is 12.6 Å². The molecule has 98 valence electrons. The Balaban J connectivity index is 1.98. The maximum absolute atomic E-state index is 10.1. The Morgan fingerprint density at radius 3 is 2.72 bits per heavy atom. The lowest BCUT2D eigenvalue weighted by molar-refractivity contribution is 0.181. The van der Waals surface area contributed by atoms with Crippen molar-refractivity contribution in [3.05, 3.63) is 33.8 Å². The summed E-state index contributed by atoms with van der Waals surface area (Å²) in [4.78, 5) is 4.24. The maximum Gasteiger partial charge on any atom is 0.191 e. The fourth-order valence-electron chi connectivity index (χ4n) is 1.78. The number of nitrogens with zero attached hydrogens (tertiary/aromatic N) is 1. The summed E-state index contributed by atoms with van der Waals surface area (Å²) in [6.07, 6.45) is -0.772. The molecule has 1 heterocycles. The highest BCUT2D eigenvalue weighted by Crippen LogP contribution is 2.29. The number of aliphatic hydroxyl groups is 1. The quantitative estimate of drug-likeness (QED) is 0.797. The fraction of sp³-hybridized carbons (Fsp3) is 0.417. The Bertz CT molecular complexity index is 444. The zero-order valence-electron chi connectivity index (χ0n) is 9.95.